The molecule has 1 heterocycles. The largest absolute Gasteiger partial charge is 0.493 e. The summed E-state index contributed by atoms with van der Waals surface area (Å²) in [7, 11) is 1.45. The van der Waals surface area contributed by atoms with Crippen LogP contribution in [0.4, 0.5) is 4.79 Å². The molecule has 0 aliphatic carbocycles. The Morgan fingerprint density at radius 3 is 2.52 bits per heavy atom. The highest BCUT2D eigenvalue weighted by atomic mass is 79.9. The molecule has 1 aliphatic heterocycles. The average molecular weight is 692 g/mol. The second-order valence-electron chi connectivity index (χ2n) is 10.1. The van der Waals surface area contributed by atoms with Gasteiger partial charge in [0.25, 0.3) is 5.91 Å². The average Bonchev–Trinajstić information content (AvgIpc) is 3.04. The van der Waals surface area contributed by atoms with E-state index < -0.39 is 23.9 Å². The third-order valence-corrected chi connectivity index (χ3v) is 7.33. The smallest absolute Gasteiger partial charge is 0.338 e. The van der Waals surface area contributed by atoms with Gasteiger partial charge in [0.1, 0.15) is 12.4 Å². The van der Waals surface area contributed by atoms with Gasteiger partial charge in [-0.1, -0.05) is 40.2 Å². The van der Waals surface area contributed by atoms with Gasteiger partial charge in [0.15, 0.2) is 18.1 Å². The Morgan fingerprint density at radius 1 is 1.04 bits per heavy atom. The van der Waals surface area contributed by atoms with E-state index in [1.54, 1.807) is 38.1 Å². The maximum Gasteiger partial charge on any atom is 0.338 e. The van der Waals surface area contributed by atoms with Crippen LogP contribution in [-0.2, 0) is 27.4 Å². The van der Waals surface area contributed by atoms with E-state index in [1.165, 1.54) is 13.3 Å². The van der Waals surface area contributed by atoms with Gasteiger partial charge in [-0.3, -0.25) is 4.79 Å². The van der Waals surface area contributed by atoms with Gasteiger partial charge in [0.05, 0.1) is 31.5 Å². The molecule has 1 aliphatic rings. The summed E-state index contributed by atoms with van der Waals surface area (Å²) < 4.78 is 23.4. The number of nitrogens with one attached hydrogen (secondary N) is 3. The number of benzene rings is 3. The normalized spacial score (nSPS) is 14.3. The fourth-order valence-corrected chi connectivity index (χ4v) is 4.90. The first kappa shape index (κ1) is 33.8. The highest BCUT2D eigenvalue weighted by Crippen LogP contribution is 2.34. The van der Waals surface area contributed by atoms with Crippen molar-refractivity contribution >= 4 is 40.1 Å². The van der Waals surface area contributed by atoms with E-state index in [1.807, 2.05) is 42.5 Å². The summed E-state index contributed by atoms with van der Waals surface area (Å²) in [6.07, 6.45) is 3.92. The van der Waals surface area contributed by atoms with E-state index in [0.717, 1.165) is 26.9 Å². The van der Waals surface area contributed by atoms with Crippen molar-refractivity contribution in [3.8, 4) is 17.2 Å². The van der Waals surface area contributed by atoms with Gasteiger partial charge in [-0.25, -0.2) is 15.0 Å². The number of amides is 3. The van der Waals surface area contributed by atoms with Gasteiger partial charge in [-0.05, 0) is 85.0 Å². The topological polar surface area (TPSA) is 137 Å². The van der Waals surface area contributed by atoms with Crippen LogP contribution >= 0.6 is 15.9 Å². The highest BCUT2D eigenvalue weighted by molar-refractivity contribution is 9.10. The fourth-order valence-electron chi connectivity index (χ4n) is 4.64. The monoisotopic (exact) mass is 690 g/mol. The quantitative estimate of drug-likeness (QED) is 0.0881. The van der Waals surface area contributed by atoms with Crippen molar-refractivity contribution in [2.45, 2.75) is 32.9 Å². The van der Waals surface area contributed by atoms with Crippen LogP contribution in [0.5, 0.6) is 17.2 Å². The van der Waals surface area contributed by atoms with Crippen molar-refractivity contribution in [3.05, 3.63) is 111 Å². The van der Waals surface area contributed by atoms with E-state index in [-0.39, 0.29) is 24.5 Å². The molecule has 4 rings (SSSR count). The Kier molecular flexibility index (Phi) is 12.0. The predicted molar refractivity (Wildman–Crippen MR) is 177 cm³/mol. The molecule has 3 aromatic carbocycles. The minimum absolute atomic E-state index is 0.184. The Hall–Kier alpha value is -5.10. The molecule has 0 aromatic heterocycles. The number of methoxy groups -OCH3 is 1. The third-order valence-electron chi connectivity index (χ3n) is 6.80. The van der Waals surface area contributed by atoms with Crippen LogP contribution in [0.25, 0.3) is 0 Å². The van der Waals surface area contributed by atoms with Gasteiger partial charge >= 0.3 is 12.0 Å². The molecule has 1 atom stereocenters. The molecule has 0 radical (unpaired) electrons. The molecule has 3 aromatic rings. The fraction of sp³-hybridized carbons (Fsp3) is 0.235. The number of allylic oxidation sites excluding steroid dienone is 2. The van der Waals surface area contributed by atoms with E-state index in [2.05, 4.69) is 43.7 Å². The van der Waals surface area contributed by atoms with Crippen molar-refractivity contribution in [2.75, 3.05) is 20.3 Å². The number of hydrazone groups is 1. The lowest BCUT2D eigenvalue weighted by molar-refractivity contribution is -0.139. The number of esters is 1. The van der Waals surface area contributed by atoms with Crippen LogP contribution in [0, 0.1) is 0 Å². The third kappa shape index (κ3) is 8.98. The van der Waals surface area contributed by atoms with Crippen LogP contribution in [-0.4, -0.2) is 44.4 Å². The summed E-state index contributed by atoms with van der Waals surface area (Å²) in [4.78, 5) is 37.3. The first-order chi connectivity index (χ1) is 22.2. The minimum Gasteiger partial charge on any atom is -0.493 e. The number of hydrogen-bond acceptors (Lipinski definition) is 8. The maximum absolute atomic E-state index is 12.6. The number of halogens is 1. The summed E-state index contributed by atoms with van der Waals surface area (Å²) in [5.41, 5.74) is 6.43. The number of nitrogens with zero attached hydrogens (tertiary/aromatic N) is 1. The molecule has 12 heteroatoms. The molecule has 0 spiro atoms. The molecule has 0 unspecified atom stereocenters. The second kappa shape index (κ2) is 16.3. The Bertz CT molecular complexity index is 1650. The van der Waals surface area contributed by atoms with Crippen molar-refractivity contribution in [3.63, 3.8) is 0 Å². The summed E-state index contributed by atoms with van der Waals surface area (Å²) in [5.74, 6) is 0.295. The van der Waals surface area contributed by atoms with Gasteiger partial charge < -0.3 is 29.6 Å². The Labute approximate surface area is 275 Å². The molecule has 46 heavy (non-hydrogen) atoms. The van der Waals surface area contributed by atoms with Gasteiger partial charge in [-0.15, -0.1) is 6.58 Å². The van der Waals surface area contributed by atoms with E-state index in [4.69, 9.17) is 18.9 Å². The standard InChI is InChI=1S/C34H35BrN4O7/c1-5-7-24-16-23(10-14-27(24)45-19-22-8-12-26(35)13-9-22)18-36-39-30(40)20-46-28-15-11-25(17-29(28)43-4)32-31(33(41)44-6-2)21(3)37-34(42)38-32/h5,8-18,32H,1,6-7,19-20H2,2-4H3,(H,39,40)(H2,37,38,42)/b36-18-/t32-/m0/s1. The van der Waals surface area contributed by atoms with Crippen molar-refractivity contribution in [1.82, 2.24) is 16.1 Å². The zero-order valence-corrected chi connectivity index (χ0v) is 27.3. The number of ether oxygens (including phenoxy) is 4. The van der Waals surface area contributed by atoms with Gasteiger partial charge in [0, 0.05) is 10.2 Å². The molecule has 0 saturated carbocycles. The number of carbonyl (C=O) groups excluding carboxylic acids is 3. The summed E-state index contributed by atoms with van der Waals surface area (Å²) >= 11 is 3.44. The van der Waals surface area contributed by atoms with Crippen molar-refractivity contribution < 1.29 is 33.3 Å². The Balaban J connectivity index is 1.36. The summed E-state index contributed by atoms with van der Waals surface area (Å²) in [6.45, 7) is 7.44. The molecule has 0 saturated heterocycles. The molecule has 240 valence electrons. The van der Waals surface area contributed by atoms with Crippen LogP contribution in [0.1, 0.15) is 42.1 Å². The van der Waals surface area contributed by atoms with Crippen LogP contribution in [0.15, 0.2) is 94.2 Å². The molecule has 11 nitrogen and oxygen atoms in total. The summed E-state index contributed by atoms with van der Waals surface area (Å²) in [6, 6.07) is 17.2. The first-order valence-corrected chi connectivity index (χ1v) is 15.2. The summed E-state index contributed by atoms with van der Waals surface area (Å²) in [5, 5.41) is 9.39. The highest BCUT2D eigenvalue weighted by Gasteiger charge is 2.32. The zero-order valence-electron chi connectivity index (χ0n) is 25.7. The van der Waals surface area contributed by atoms with Crippen LogP contribution < -0.4 is 30.3 Å². The molecule has 0 fully saturated rings. The minimum atomic E-state index is -0.771. The van der Waals surface area contributed by atoms with Crippen molar-refractivity contribution in [2.24, 2.45) is 5.10 Å². The Morgan fingerprint density at radius 2 is 1.80 bits per heavy atom. The van der Waals surface area contributed by atoms with E-state index in [0.29, 0.717) is 30.0 Å². The SMILES string of the molecule is C=CCc1cc(/C=N\NC(=O)COc2ccc([C@@H]3NC(=O)NC(C)=C3C(=O)OCC)cc2OC)ccc1OCc1ccc(Br)cc1. The molecular formula is C34H35BrN4O7. The lowest BCUT2D eigenvalue weighted by Crippen LogP contribution is -2.45. The number of rotatable bonds is 14. The number of hydrogen-bond donors (Lipinski definition) is 3. The molecule has 0 bridgehead atoms. The predicted octanol–water partition coefficient (Wildman–Crippen LogP) is 5.49. The van der Waals surface area contributed by atoms with Gasteiger partial charge in [-0.2, -0.15) is 5.10 Å². The van der Waals surface area contributed by atoms with E-state index in [9.17, 15) is 14.4 Å². The van der Waals surface area contributed by atoms with Crippen LogP contribution in [0.3, 0.4) is 0 Å². The lowest BCUT2D eigenvalue weighted by Gasteiger charge is -2.28. The number of urea groups is 1. The maximum atomic E-state index is 12.6. The first-order valence-electron chi connectivity index (χ1n) is 14.4. The van der Waals surface area contributed by atoms with Gasteiger partial charge in [0.2, 0.25) is 0 Å². The molecule has 3 amide bonds. The number of carbonyl (C=O) groups is 3. The van der Waals surface area contributed by atoms with Crippen molar-refractivity contribution in [1.29, 1.82) is 0 Å². The second-order valence-corrected chi connectivity index (χ2v) is 11.0. The lowest BCUT2D eigenvalue weighted by atomic mass is 9.95. The molecular weight excluding hydrogens is 656 g/mol. The van der Waals surface area contributed by atoms with E-state index >= 15 is 0 Å². The zero-order chi connectivity index (χ0) is 33.1. The molecule has 3 N–H and O–H groups in total. The van der Waals surface area contributed by atoms with Crippen LogP contribution in [0.2, 0.25) is 0 Å².